The maximum atomic E-state index is 12.6. The zero-order valence-corrected chi connectivity index (χ0v) is 16.9. The largest absolute Gasteiger partial charge is 0.493 e. The van der Waals surface area contributed by atoms with Crippen molar-refractivity contribution < 1.29 is 19.0 Å². The Morgan fingerprint density at radius 3 is 2.45 bits per heavy atom. The maximum absolute atomic E-state index is 12.6. The van der Waals surface area contributed by atoms with E-state index in [1.54, 1.807) is 26.0 Å². The van der Waals surface area contributed by atoms with E-state index >= 15 is 0 Å². The molecule has 0 saturated carbocycles. The van der Waals surface area contributed by atoms with E-state index in [9.17, 15) is 4.79 Å². The van der Waals surface area contributed by atoms with Crippen molar-refractivity contribution in [3.8, 4) is 22.9 Å². The lowest BCUT2D eigenvalue weighted by molar-refractivity contribution is -0.116. The Hall–Kier alpha value is -3.48. The summed E-state index contributed by atoms with van der Waals surface area (Å²) >= 11 is 0. The number of nitrogens with one attached hydrogen (secondary N) is 1. The minimum Gasteiger partial charge on any atom is -0.493 e. The number of aromatic nitrogens is 2. The maximum Gasteiger partial charge on any atom is 0.226 e. The van der Waals surface area contributed by atoms with Gasteiger partial charge >= 0.3 is 0 Å². The fraction of sp³-hybridized carbons (Fsp3) is 0.273. The normalized spacial score (nSPS) is 15.4. The van der Waals surface area contributed by atoms with Crippen molar-refractivity contribution in [2.45, 2.75) is 19.3 Å². The summed E-state index contributed by atoms with van der Waals surface area (Å²) < 4.78 is 18.3. The number of methoxy groups -OCH3 is 3. The first-order chi connectivity index (χ1) is 14.1. The predicted octanol–water partition coefficient (Wildman–Crippen LogP) is 3.68. The molecule has 0 saturated heterocycles. The van der Waals surface area contributed by atoms with Crippen LogP contribution in [-0.2, 0) is 4.79 Å². The Kier molecular flexibility index (Phi) is 4.88. The standard InChI is InChI=1S/C22H23N3O4/c1-13-7-5-6-8-17(13)25-22-16(12-23-25)15(11-19(26)24-22)14-9-10-18(27-2)21(29-4)20(14)28-3/h5-10,12,15H,11H2,1-4H3,(H,24,26). The molecule has 1 aliphatic heterocycles. The lowest BCUT2D eigenvalue weighted by Crippen LogP contribution is -2.25. The number of anilines is 1. The predicted molar refractivity (Wildman–Crippen MR) is 109 cm³/mol. The van der Waals surface area contributed by atoms with Crippen LogP contribution in [0.25, 0.3) is 5.69 Å². The number of amides is 1. The molecule has 1 atom stereocenters. The molecule has 1 N–H and O–H groups in total. The SMILES string of the molecule is COc1ccc(C2CC(=O)Nc3c2cnn3-c2ccccc2C)c(OC)c1OC. The lowest BCUT2D eigenvalue weighted by Gasteiger charge is -2.26. The molecule has 7 heteroatoms. The number of ether oxygens (including phenoxy) is 3. The van der Waals surface area contributed by atoms with Crippen LogP contribution in [0.2, 0.25) is 0 Å². The molecule has 1 unspecified atom stereocenters. The first kappa shape index (κ1) is 18.9. The summed E-state index contributed by atoms with van der Waals surface area (Å²) in [6.45, 7) is 2.02. The molecule has 150 valence electrons. The van der Waals surface area contributed by atoms with Gasteiger partial charge in [0.05, 0.1) is 33.2 Å². The van der Waals surface area contributed by atoms with E-state index in [1.165, 1.54) is 0 Å². The third kappa shape index (κ3) is 3.08. The molecule has 1 aliphatic rings. The summed E-state index contributed by atoms with van der Waals surface area (Å²) in [5.41, 5.74) is 3.77. The van der Waals surface area contributed by atoms with E-state index in [0.717, 1.165) is 22.4 Å². The Morgan fingerprint density at radius 1 is 1.00 bits per heavy atom. The van der Waals surface area contributed by atoms with Gasteiger partial charge in [-0.15, -0.1) is 0 Å². The van der Waals surface area contributed by atoms with Crippen LogP contribution in [0.15, 0.2) is 42.6 Å². The average molecular weight is 393 g/mol. The summed E-state index contributed by atoms with van der Waals surface area (Å²) in [5.74, 6) is 2.02. The zero-order chi connectivity index (χ0) is 20.5. The van der Waals surface area contributed by atoms with E-state index in [2.05, 4.69) is 10.4 Å². The number of para-hydroxylation sites is 1. The van der Waals surface area contributed by atoms with Crippen molar-refractivity contribution in [3.63, 3.8) is 0 Å². The van der Waals surface area contributed by atoms with Crippen molar-refractivity contribution >= 4 is 11.7 Å². The van der Waals surface area contributed by atoms with Gasteiger partial charge in [-0.1, -0.05) is 24.3 Å². The van der Waals surface area contributed by atoms with Gasteiger partial charge in [0.2, 0.25) is 11.7 Å². The Morgan fingerprint density at radius 2 is 1.76 bits per heavy atom. The van der Waals surface area contributed by atoms with Gasteiger partial charge in [-0.3, -0.25) is 4.79 Å². The molecule has 29 heavy (non-hydrogen) atoms. The van der Waals surface area contributed by atoms with Crippen LogP contribution < -0.4 is 19.5 Å². The van der Waals surface area contributed by atoms with Gasteiger partial charge in [0.15, 0.2) is 11.5 Å². The van der Waals surface area contributed by atoms with Gasteiger partial charge < -0.3 is 19.5 Å². The minimum atomic E-state index is -0.216. The molecule has 0 bridgehead atoms. The molecule has 0 aliphatic carbocycles. The van der Waals surface area contributed by atoms with E-state index < -0.39 is 0 Å². The molecule has 7 nitrogen and oxygen atoms in total. The molecule has 1 aromatic heterocycles. The van der Waals surface area contributed by atoms with E-state index in [1.807, 2.05) is 49.5 Å². The van der Waals surface area contributed by atoms with Crippen molar-refractivity contribution in [3.05, 3.63) is 59.3 Å². The highest BCUT2D eigenvalue weighted by Gasteiger charge is 2.33. The average Bonchev–Trinajstić information content (AvgIpc) is 3.15. The number of carbonyl (C=O) groups is 1. The minimum absolute atomic E-state index is 0.0744. The van der Waals surface area contributed by atoms with Crippen LogP contribution in [0, 0.1) is 6.92 Å². The number of carbonyl (C=O) groups excluding carboxylic acids is 1. The molecule has 3 aromatic rings. The zero-order valence-electron chi connectivity index (χ0n) is 16.9. The number of fused-ring (bicyclic) bond motifs is 1. The Balaban J connectivity index is 1.88. The van der Waals surface area contributed by atoms with Gasteiger partial charge in [-0.25, -0.2) is 4.68 Å². The molecule has 4 rings (SSSR count). The molecular formula is C22H23N3O4. The van der Waals surface area contributed by atoms with Crippen molar-refractivity contribution in [1.29, 1.82) is 0 Å². The van der Waals surface area contributed by atoms with Gasteiger partial charge in [0, 0.05) is 23.5 Å². The molecule has 2 aromatic carbocycles. The molecular weight excluding hydrogens is 370 g/mol. The number of hydrogen-bond donors (Lipinski definition) is 1. The van der Waals surface area contributed by atoms with E-state index in [0.29, 0.717) is 23.1 Å². The third-order valence-electron chi connectivity index (χ3n) is 5.27. The van der Waals surface area contributed by atoms with Gasteiger partial charge in [0.25, 0.3) is 0 Å². The highest BCUT2D eigenvalue weighted by Crippen LogP contribution is 2.47. The highest BCUT2D eigenvalue weighted by molar-refractivity contribution is 5.95. The molecule has 2 heterocycles. The van der Waals surface area contributed by atoms with Crippen molar-refractivity contribution in [2.24, 2.45) is 0 Å². The first-order valence-electron chi connectivity index (χ1n) is 9.31. The quantitative estimate of drug-likeness (QED) is 0.716. The van der Waals surface area contributed by atoms with Crippen LogP contribution in [0.4, 0.5) is 5.82 Å². The second kappa shape index (κ2) is 7.50. The van der Waals surface area contributed by atoms with E-state index in [4.69, 9.17) is 14.2 Å². The number of benzene rings is 2. The second-order valence-corrected chi connectivity index (χ2v) is 6.88. The first-order valence-corrected chi connectivity index (χ1v) is 9.31. The number of hydrogen-bond acceptors (Lipinski definition) is 5. The number of aryl methyl sites for hydroxylation is 1. The van der Waals surface area contributed by atoms with Crippen LogP contribution in [0.1, 0.15) is 29.0 Å². The fourth-order valence-electron chi connectivity index (χ4n) is 3.88. The Labute approximate surface area is 169 Å². The van der Waals surface area contributed by atoms with Crippen LogP contribution in [-0.4, -0.2) is 37.0 Å². The summed E-state index contributed by atoms with van der Waals surface area (Å²) in [7, 11) is 4.73. The highest BCUT2D eigenvalue weighted by atomic mass is 16.5. The summed E-state index contributed by atoms with van der Waals surface area (Å²) in [4.78, 5) is 12.6. The van der Waals surface area contributed by atoms with Crippen molar-refractivity contribution in [1.82, 2.24) is 9.78 Å². The monoisotopic (exact) mass is 393 g/mol. The summed E-state index contributed by atoms with van der Waals surface area (Å²) in [6.07, 6.45) is 2.10. The summed E-state index contributed by atoms with van der Waals surface area (Å²) in [6, 6.07) is 11.7. The smallest absolute Gasteiger partial charge is 0.226 e. The fourth-order valence-corrected chi connectivity index (χ4v) is 3.88. The second-order valence-electron chi connectivity index (χ2n) is 6.88. The molecule has 0 radical (unpaired) electrons. The van der Waals surface area contributed by atoms with Crippen LogP contribution >= 0.6 is 0 Å². The van der Waals surface area contributed by atoms with Gasteiger partial charge in [-0.2, -0.15) is 5.10 Å². The molecule has 0 spiro atoms. The third-order valence-corrected chi connectivity index (χ3v) is 5.27. The van der Waals surface area contributed by atoms with Gasteiger partial charge in [-0.05, 0) is 24.6 Å². The van der Waals surface area contributed by atoms with Crippen LogP contribution in [0.5, 0.6) is 17.2 Å². The number of rotatable bonds is 5. The van der Waals surface area contributed by atoms with Crippen LogP contribution in [0.3, 0.4) is 0 Å². The van der Waals surface area contributed by atoms with Crippen molar-refractivity contribution in [2.75, 3.05) is 26.6 Å². The van der Waals surface area contributed by atoms with E-state index in [-0.39, 0.29) is 18.2 Å². The van der Waals surface area contributed by atoms with Gasteiger partial charge in [0.1, 0.15) is 5.82 Å². The topological polar surface area (TPSA) is 74.6 Å². The summed E-state index contributed by atoms with van der Waals surface area (Å²) in [5, 5.41) is 7.56. The lowest BCUT2D eigenvalue weighted by atomic mass is 9.86. The number of nitrogens with zero attached hydrogens (tertiary/aromatic N) is 2. The molecule has 1 amide bonds. The Bertz CT molecular complexity index is 1070. The molecule has 0 fully saturated rings.